The van der Waals surface area contributed by atoms with E-state index < -0.39 is 0 Å². The highest BCUT2D eigenvalue weighted by Crippen LogP contribution is 2.47. The highest BCUT2D eigenvalue weighted by Gasteiger charge is 2.38. The zero-order chi connectivity index (χ0) is 19.1. The third kappa shape index (κ3) is 3.48. The Hall–Kier alpha value is -1.92. The summed E-state index contributed by atoms with van der Waals surface area (Å²) in [6, 6.07) is 18.5. The molecule has 138 valence electrons. The van der Waals surface area contributed by atoms with Gasteiger partial charge in [0.05, 0.1) is 28.6 Å². The van der Waals surface area contributed by atoms with Crippen LogP contribution >= 0.6 is 22.9 Å². The second-order valence-corrected chi connectivity index (χ2v) is 8.41. The van der Waals surface area contributed by atoms with Crippen molar-refractivity contribution in [1.82, 2.24) is 0 Å². The molecule has 1 aliphatic rings. The van der Waals surface area contributed by atoms with Crippen LogP contribution in [0.15, 0.2) is 54.6 Å². The normalized spacial score (nSPS) is 18.5. The van der Waals surface area contributed by atoms with E-state index in [4.69, 9.17) is 0 Å². The minimum absolute atomic E-state index is 0.00998. The number of amides is 1. The molecule has 2 unspecified atom stereocenters. The molecule has 0 radical (unpaired) electrons. The zero-order valence-corrected chi connectivity index (χ0v) is 17.6. The molecule has 27 heavy (non-hydrogen) atoms. The molecule has 4 heteroatoms. The number of nitrogens with zero attached hydrogens (tertiary/aromatic N) is 1. The maximum atomic E-state index is 13.3. The van der Waals surface area contributed by atoms with Crippen LogP contribution in [0, 0.1) is 19.8 Å². The van der Waals surface area contributed by atoms with Gasteiger partial charge in [0.1, 0.15) is 0 Å². The number of halogens is 1. The molecular formula is C23H22INO2. The number of carbonyl (C=O) groups excluding carboxylic acids is 1. The molecular weight excluding hydrogens is 449 g/mol. The molecule has 1 aliphatic carbocycles. The first kappa shape index (κ1) is 18.4. The summed E-state index contributed by atoms with van der Waals surface area (Å²) in [5.74, 6) is 0.710. The molecule has 4 rings (SSSR count). The van der Waals surface area contributed by atoms with Gasteiger partial charge in [-0.3, -0.25) is 4.79 Å². The summed E-state index contributed by atoms with van der Waals surface area (Å²) in [7, 11) is 0. The van der Waals surface area contributed by atoms with E-state index in [0.29, 0.717) is 11.8 Å². The van der Waals surface area contributed by atoms with Gasteiger partial charge in [-0.2, -0.15) is 0 Å². The number of benzene rings is 3. The van der Waals surface area contributed by atoms with Gasteiger partial charge < -0.3 is 5.11 Å². The topological polar surface area (TPSA) is 40.5 Å². The molecule has 0 spiro atoms. The molecule has 3 aromatic rings. The first-order chi connectivity index (χ1) is 13.0. The van der Waals surface area contributed by atoms with Crippen molar-refractivity contribution in [3.63, 3.8) is 0 Å². The lowest BCUT2D eigenvalue weighted by atomic mass is 10.0. The molecule has 0 bridgehead atoms. The number of fused-ring (bicyclic) bond motifs is 1. The quantitative estimate of drug-likeness (QED) is 0.401. The second kappa shape index (κ2) is 7.24. The second-order valence-electron chi connectivity index (χ2n) is 7.45. The van der Waals surface area contributed by atoms with Crippen molar-refractivity contribution in [2.45, 2.75) is 26.2 Å². The molecule has 1 N–H and O–H groups in total. The van der Waals surface area contributed by atoms with E-state index in [0.717, 1.165) is 39.6 Å². The maximum absolute atomic E-state index is 13.3. The van der Waals surface area contributed by atoms with Crippen LogP contribution in [-0.2, 0) is 0 Å². The van der Waals surface area contributed by atoms with Crippen LogP contribution in [0.25, 0.3) is 10.8 Å². The van der Waals surface area contributed by atoms with Gasteiger partial charge in [-0.15, -0.1) is 0 Å². The molecule has 0 saturated heterocycles. The standard InChI is InChI=1S/C23H22INO2/c1-14-6-9-19-16(10-14)4-3-5-22(19)25(24)23(27)20-11-17(8-7-15(20)2)21-12-18(21)13-26/h3-11,18,21,26H,12-13H2,1-2H3. The third-order valence-corrected chi connectivity index (χ3v) is 6.44. The molecule has 1 amide bonds. The number of carbonyl (C=O) groups is 1. The van der Waals surface area contributed by atoms with Crippen LogP contribution in [-0.4, -0.2) is 17.6 Å². The fourth-order valence-corrected chi connectivity index (χ4v) is 4.41. The monoisotopic (exact) mass is 471 g/mol. The number of aliphatic hydroxyl groups is 1. The summed E-state index contributed by atoms with van der Waals surface area (Å²) >= 11 is 2.11. The smallest absolute Gasteiger partial charge is 0.267 e. The Morgan fingerprint density at radius 3 is 2.70 bits per heavy atom. The molecule has 0 heterocycles. The number of rotatable bonds is 4. The van der Waals surface area contributed by atoms with Gasteiger partial charge in [-0.25, -0.2) is 3.11 Å². The molecule has 2 atom stereocenters. The summed E-state index contributed by atoms with van der Waals surface area (Å²) < 4.78 is 1.72. The van der Waals surface area contributed by atoms with Crippen molar-refractivity contribution in [2.24, 2.45) is 5.92 Å². The lowest BCUT2D eigenvalue weighted by Crippen LogP contribution is -2.21. The molecule has 1 fully saturated rings. The largest absolute Gasteiger partial charge is 0.396 e. The highest BCUT2D eigenvalue weighted by molar-refractivity contribution is 14.1. The summed E-state index contributed by atoms with van der Waals surface area (Å²) in [5, 5.41) is 11.6. The Morgan fingerprint density at radius 1 is 1.15 bits per heavy atom. The van der Waals surface area contributed by atoms with Gasteiger partial charge in [0.25, 0.3) is 5.91 Å². The van der Waals surface area contributed by atoms with Gasteiger partial charge in [-0.1, -0.05) is 48.0 Å². The number of anilines is 1. The zero-order valence-electron chi connectivity index (χ0n) is 15.4. The Labute approximate surface area is 173 Å². The van der Waals surface area contributed by atoms with E-state index in [1.165, 1.54) is 5.56 Å². The summed E-state index contributed by atoms with van der Waals surface area (Å²) in [6.45, 7) is 4.27. The fourth-order valence-electron chi connectivity index (χ4n) is 3.73. The van der Waals surface area contributed by atoms with E-state index in [9.17, 15) is 9.90 Å². The average molecular weight is 471 g/mol. The van der Waals surface area contributed by atoms with E-state index in [1.54, 1.807) is 3.11 Å². The summed E-state index contributed by atoms with van der Waals surface area (Å²) in [6.07, 6.45) is 1.00. The maximum Gasteiger partial charge on any atom is 0.267 e. The number of aryl methyl sites for hydroxylation is 2. The lowest BCUT2D eigenvalue weighted by Gasteiger charge is -2.19. The summed E-state index contributed by atoms with van der Waals surface area (Å²) in [5.41, 5.74) is 4.97. The molecule has 3 aromatic carbocycles. The van der Waals surface area contributed by atoms with E-state index in [-0.39, 0.29) is 12.5 Å². The van der Waals surface area contributed by atoms with Crippen molar-refractivity contribution >= 4 is 45.2 Å². The number of hydrogen-bond donors (Lipinski definition) is 1. The first-order valence-corrected chi connectivity index (χ1v) is 10.2. The van der Waals surface area contributed by atoms with Crippen LogP contribution in [0.3, 0.4) is 0 Å². The Bertz CT molecular complexity index is 1030. The van der Waals surface area contributed by atoms with Crippen LogP contribution < -0.4 is 3.11 Å². The SMILES string of the molecule is Cc1ccc2c(N(I)C(=O)c3cc(C4CC4CO)ccc3C)cccc2c1. The van der Waals surface area contributed by atoms with Crippen LogP contribution in [0.4, 0.5) is 5.69 Å². The number of hydrogen-bond acceptors (Lipinski definition) is 2. The Morgan fingerprint density at radius 2 is 1.96 bits per heavy atom. The predicted molar refractivity (Wildman–Crippen MR) is 119 cm³/mol. The van der Waals surface area contributed by atoms with Crippen molar-refractivity contribution in [2.75, 3.05) is 9.72 Å². The molecule has 3 nitrogen and oxygen atoms in total. The molecule has 0 aliphatic heterocycles. The lowest BCUT2D eigenvalue weighted by molar-refractivity contribution is 0.101. The van der Waals surface area contributed by atoms with E-state index >= 15 is 0 Å². The molecule has 1 saturated carbocycles. The third-order valence-electron chi connectivity index (χ3n) is 5.48. The fraction of sp³-hybridized carbons (Fsp3) is 0.261. The van der Waals surface area contributed by atoms with Crippen molar-refractivity contribution in [3.05, 3.63) is 76.9 Å². The number of aliphatic hydroxyl groups excluding tert-OH is 1. The minimum atomic E-state index is -0.00998. The van der Waals surface area contributed by atoms with Gasteiger partial charge in [0.2, 0.25) is 0 Å². The van der Waals surface area contributed by atoms with Crippen molar-refractivity contribution in [1.29, 1.82) is 0 Å². The van der Waals surface area contributed by atoms with Gasteiger partial charge in [0, 0.05) is 17.6 Å². The minimum Gasteiger partial charge on any atom is -0.396 e. The average Bonchev–Trinajstić information content (AvgIpc) is 3.46. The molecule has 0 aromatic heterocycles. The Balaban J connectivity index is 1.70. The summed E-state index contributed by atoms with van der Waals surface area (Å²) in [4.78, 5) is 13.3. The van der Waals surface area contributed by atoms with Crippen LogP contribution in [0.2, 0.25) is 0 Å². The van der Waals surface area contributed by atoms with Gasteiger partial charge >= 0.3 is 0 Å². The van der Waals surface area contributed by atoms with Gasteiger partial charge in [-0.05, 0) is 60.7 Å². The van der Waals surface area contributed by atoms with Crippen LogP contribution in [0.5, 0.6) is 0 Å². The van der Waals surface area contributed by atoms with E-state index in [2.05, 4.69) is 60.1 Å². The van der Waals surface area contributed by atoms with Crippen molar-refractivity contribution in [3.8, 4) is 0 Å². The predicted octanol–water partition coefficient (Wildman–Crippen LogP) is 5.55. The van der Waals surface area contributed by atoms with Gasteiger partial charge in [0.15, 0.2) is 0 Å². The van der Waals surface area contributed by atoms with Crippen LogP contribution in [0.1, 0.15) is 39.4 Å². The van der Waals surface area contributed by atoms with Crippen molar-refractivity contribution < 1.29 is 9.90 Å². The highest BCUT2D eigenvalue weighted by atomic mass is 127. The van der Waals surface area contributed by atoms with E-state index in [1.807, 2.05) is 31.2 Å². The first-order valence-electron chi connectivity index (χ1n) is 9.20. The Kier molecular flexibility index (Phi) is 4.95.